The number of anilines is 1. The Balaban J connectivity index is 0.000000183. The molecule has 4 N–H and O–H groups in total. The first-order valence-electron chi connectivity index (χ1n) is 13.6. The van der Waals surface area contributed by atoms with Crippen LogP contribution in [0.1, 0.15) is 61.4 Å². The predicted octanol–water partition coefficient (Wildman–Crippen LogP) is 6.23. The van der Waals surface area contributed by atoms with Crippen LogP contribution >= 0.6 is 0 Å². The second-order valence-electron chi connectivity index (χ2n) is 9.17. The molecule has 0 saturated heterocycles. The number of hydrogen-bond acceptors (Lipinski definition) is 4. The van der Waals surface area contributed by atoms with Gasteiger partial charge in [0.1, 0.15) is 5.75 Å². The van der Waals surface area contributed by atoms with E-state index in [1.807, 2.05) is 55.5 Å². The Morgan fingerprint density at radius 2 is 1.50 bits per heavy atom. The minimum absolute atomic E-state index is 0.271. The number of benzene rings is 3. The Bertz CT molecular complexity index is 1030. The van der Waals surface area contributed by atoms with Gasteiger partial charge in [-0.25, -0.2) is 0 Å². The maximum atomic E-state index is 11.3. The maximum absolute atomic E-state index is 11.3. The molecule has 1 aliphatic heterocycles. The fourth-order valence-electron chi connectivity index (χ4n) is 4.24. The zero-order valence-electron chi connectivity index (χ0n) is 22.8. The van der Waals surface area contributed by atoms with Gasteiger partial charge in [0.2, 0.25) is 11.8 Å². The van der Waals surface area contributed by atoms with E-state index >= 15 is 0 Å². The molecule has 5 rings (SSSR count). The van der Waals surface area contributed by atoms with E-state index in [0.29, 0.717) is 11.5 Å². The summed E-state index contributed by atoms with van der Waals surface area (Å²) in [6.45, 7) is 3.83. The van der Waals surface area contributed by atoms with Crippen LogP contribution in [0.2, 0.25) is 0 Å². The highest BCUT2D eigenvalue weighted by molar-refractivity contribution is 5.92. The van der Waals surface area contributed by atoms with Crippen LogP contribution in [0.5, 0.6) is 5.75 Å². The lowest BCUT2D eigenvalue weighted by molar-refractivity contribution is -0.125. The van der Waals surface area contributed by atoms with Crippen molar-refractivity contribution in [1.82, 2.24) is 5.32 Å². The van der Waals surface area contributed by atoms with Gasteiger partial charge in [-0.2, -0.15) is 0 Å². The Kier molecular flexibility index (Phi) is 14.8. The van der Waals surface area contributed by atoms with Crippen molar-refractivity contribution in [3.05, 3.63) is 96.1 Å². The molecule has 6 heteroatoms. The van der Waals surface area contributed by atoms with E-state index < -0.39 is 0 Å². The van der Waals surface area contributed by atoms with Crippen molar-refractivity contribution in [2.75, 3.05) is 25.5 Å². The lowest BCUT2D eigenvalue weighted by atomic mass is 9.89. The molecular weight excluding hydrogens is 474 g/mol. The molecular formula is C32H43N3O3. The van der Waals surface area contributed by atoms with Crippen LogP contribution in [0.3, 0.4) is 0 Å². The van der Waals surface area contributed by atoms with Crippen LogP contribution in [-0.2, 0) is 11.2 Å². The second-order valence-corrected chi connectivity index (χ2v) is 9.17. The Labute approximate surface area is 228 Å². The lowest BCUT2D eigenvalue weighted by Gasteiger charge is -2.20. The van der Waals surface area contributed by atoms with Crippen molar-refractivity contribution in [2.24, 2.45) is 11.7 Å². The molecule has 0 radical (unpaired) electrons. The normalized spacial score (nSPS) is 13.7. The molecule has 3 aromatic rings. The molecule has 0 atom stereocenters. The fourth-order valence-corrected chi connectivity index (χ4v) is 4.24. The summed E-state index contributed by atoms with van der Waals surface area (Å²) in [6.07, 6.45) is 8.42. The monoisotopic (exact) mass is 517 g/mol. The number of hydrogen-bond donors (Lipinski definition) is 3. The summed E-state index contributed by atoms with van der Waals surface area (Å²) in [5, 5.41) is 6.23. The Morgan fingerprint density at radius 1 is 0.895 bits per heavy atom. The average Bonchev–Trinajstić information content (AvgIpc) is 3.00. The van der Waals surface area contributed by atoms with Crippen LogP contribution in [-0.4, -0.2) is 32.0 Å². The van der Waals surface area contributed by atoms with Crippen LogP contribution in [0, 0.1) is 5.92 Å². The first-order chi connectivity index (χ1) is 18.5. The first-order valence-corrected chi connectivity index (χ1v) is 13.6. The van der Waals surface area contributed by atoms with Crippen LogP contribution < -0.4 is 21.1 Å². The summed E-state index contributed by atoms with van der Waals surface area (Å²) in [5.41, 5.74) is 8.17. The molecule has 0 spiro atoms. The van der Waals surface area contributed by atoms with Crippen LogP contribution in [0.15, 0.2) is 84.9 Å². The van der Waals surface area contributed by atoms with E-state index in [0.717, 1.165) is 31.7 Å². The first kappa shape index (κ1) is 30.4. The summed E-state index contributed by atoms with van der Waals surface area (Å²) in [6, 6.07) is 27.0. The van der Waals surface area contributed by atoms with E-state index in [1.54, 1.807) is 31.4 Å². The van der Waals surface area contributed by atoms with E-state index in [1.165, 1.54) is 43.4 Å². The number of methoxy groups -OCH3 is 1. The number of ether oxygens (including phenoxy) is 1. The molecule has 6 nitrogen and oxygen atoms in total. The fraction of sp³-hybridized carbons (Fsp3) is 0.375. The van der Waals surface area contributed by atoms with E-state index in [9.17, 15) is 9.59 Å². The number of nitrogens with two attached hydrogens (primary N) is 1. The largest absolute Gasteiger partial charge is 0.497 e. The summed E-state index contributed by atoms with van der Waals surface area (Å²) >= 11 is 0. The lowest BCUT2D eigenvalue weighted by Crippen LogP contribution is -2.31. The molecule has 3 aromatic carbocycles. The van der Waals surface area contributed by atoms with Crippen molar-refractivity contribution >= 4 is 17.5 Å². The van der Waals surface area contributed by atoms with Crippen LogP contribution in [0.25, 0.3) is 0 Å². The van der Waals surface area contributed by atoms with Crippen molar-refractivity contribution in [3.63, 3.8) is 0 Å². The van der Waals surface area contributed by atoms with Gasteiger partial charge in [-0.05, 0) is 56.4 Å². The standard InChI is InChI=1S/C10H13NO.C9H17NO.C7H7NO.C6H6/c1-12-9-5-4-8-3-2-6-11-10(8)7-9;1-2-10-9(11)8-6-4-3-5-7-8;8-7(9)6-4-2-1-3-5-6;1-2-4-6-5-3-1/h4-5,7,11H,2-3,6H2,1H3;8H,2-7H2,1H3,(H,10,11);1-5H,(H2,8,9);1-6H. The number of amides is 2. The summed E-state index contributed by atoms with van der Waals surface area (Å²) in [4.78, 5) is 21.7. The molecule has 0 aromatic heterocycles. The van der Waals surface area contributed by atoms with Gasteiger partial charge >= 0.3 is 0 Å². The number of primary amides is 1. The minimum atomic E-state index is -0.379. The molecule has 1 heterocycles. The van der Waals surface area contributed by atoms with E-state index in [4.69, 9.17) is 10.5 Å². The molecule has 2 aliphatic rings. The smallest absolute Gasteiger partial charge is 0.248 e. The zero-order chi connectivity index (χ0) is 27.4. The Morgan fingerprint density at radius 3 is 2.03 bits per heavy atom. The van der Waals surface area contributed by atoms with Crippen LogP contribution in [0.4, 0.5) is 5.69 Å². The van der Waals surface area contributed by atoms with Crippen molar-refractivity contribution < 1.29 is 14.3 Å². The van der Waals surface area contributed by atoms with Crippen molar-refractivity contribution in [3.8, 4) is 5.75 Å². The number of rotatable bonds is 4. The third kappa shape index (κ3) is 12.0. The van der Waals surface area contributed by atoms with Gasteiger partial charge in [-0.15, -0.1) is 0 Å². The average molecular weight is 518 g/mol. The number of nitrogens with one attached hydrogen (secondary N) is 2. The number of fused-ring (bicyclic) bond motifs is 1. The van der Waals surface area contributed by atoms with Crippen molar-refractivity contribution in [1.29, 1.82) is 0 Å². The second kappa shape index (κ2) is 18.4. The minimum Gasteiger partial charge on any atom is -0.497 e. The highest BCUT2D eigenvalue weighted by Gasteiger charge is 2.19. The highest BCUT2D eigenvalue weighted by atomic mass is 16.5. The van der Waals surface area contributed by atoms with Gasteiger partial charge in [-0.1, -0.05) is 79.9 Å². The molecule has 1 fully saturated rings. The number of carbonyl (C=O) groups is 2. The third-order valence-electron chi connectivity index (χ3n) is 6.31. The third-order valence-corrected chi connectivity index (χ3v) is 6.31. The van der Waals surface area contributed by atoms with Gasteiger partial charge in [-0.3, -0.25) is 9.59 Å². The molecule has 204 valence electrons. The maximum Gasteiger partial charge on any atom is 0.248 e. The van der Waals surface area contributed by atoms with Gasteiger partial charge in [0.25, 0.3) is 0 Å². The van der Waals surface area contributed by atoms with E-state index in [2.05, 4.69) is 22.8 Å². The molecule has 0 unspecified atom stereocenters. The SMILES string of the molecule is CCNC(=O)C1CCCCC1.COc1ccc2c(c1)NCCC2.NC(=O)c1ccccc1.c1ccccc1. The highest BCUT2D eigenvalue weighted by Crippen LogP contribution is 2.26. The topological polar surface area (TPSA) is 93.4 Å². The Hall–Kier alpha value is -3.80. The predicted molar refractivity (Wildman–Crippen MR) is 156 cm³/mol. The molecule has 1 aliphatic carbocycles. The van der Waals surface area contributed by atoms with Crippen molar-refractivity contribution in [2.45, 2.75) is 51.9 Å². The summed E-state index contributed by atoms with van der Waals surface area (Å²) in [5.74, 6) is 1.15. The molecule has 2 amide bonds. The molecule has 1 saturated carbocycles. The van der Waals surface area contributed by atoms with E-state index in [-0.39, 0.29) is 11.8 Å². The van der Waals surface area contributed by atoms with Gasteiger partial charge in [0.05, 0.1) is 7.11 Å². The number of carbonyl (C=O) groups excluding carboxylic acids is 2. The zero-order valence-corrected chi connectivity index (χ0v) is 22.8. The number of aryl methyl sites for hydroxylation is 1. The summed E-state index contributed by atoms with van der Waals surface area (Å²) < 4.78 is 5.14. The molecule has 0 bridgehead atoms. The van der Waals surface area contributed by atoms with Gasteiger partial charge in [0, 0.05) is 36.3 Å². The summed E-state index contributed by atoms with van der Waals surface area (Å²) in [7, 11) is 1.70. The quantitative estimate of drug-likeness (QED) is 0.383. The van der Waals surface area contributed by atoms with Gasteiger partial charge < -0.3 is 21.1 Å². The van der Waals surface area contributed by atoms with Gasteiger partial charge in [0.15, 0.2) is 0 Å². The molecule has 38 heavy (non-hydrogen) atoms.